The van der Waals surface area contributed by atoms with Crippen LogP contribution in [0, 0.1) is 0 Å². The van der Waals surface area contributed by atoms with Crippen molar-refractivity contribution >= 4 is 10.1 Å². The van der Waals surface area contributed by atoms with E-state index in [0.717, 1.165) is 0 Å². The van der Waals surface area contributed by atoms with Crippen LogP contribution in [0.3, 0.4) is 0 Å². The molecule has 1 heterocycles. The van der Waals surface area contributed by atoms with Gasteiger partial charge in [0.2, 0.25) is 0 Å². The summed E-state index contributed by atoms with van der Waals surface area (Å²) >= 11 is 0. The van der Waals surface area contributed by atoms with Gasteiger partial charge in [-0.2, -0.15) is 8.42 Å². The average molecular weight is 281 g/mol. The Morgan fingerprint density at radius 3 is 2.60 bits per heavy atom. The van der Waals surface area contributed by atoms with Crippen LogP contribution in [-0.4, -0.2) is 36.2 Å². The SMILES string of the molecule is CC1C=CC=CN1CCCS(=O)(=O)O.[Cu]. The fourth-order valence-corrected chi connectivity index (χ4v) is 1.83. The quantitative estimate of drug-likeness (QED) is 0.617. The number of hydrogen-bond donors (Lipinski definition) is 1. The summed E-state index contributed by atoms with van der Waals surface area (Å²) in [5.41, 5.74) is 0. The Bertz CT molecular complexity index is 337. The normalized spacial score (nSPS) is 20.1. The zero-order valence-electron chi connectivity index (χ0n) is 8.43. The van der Waals surface area contributed by atoms with Crippen LogP contribution >= 0.6 is 0 Å². The van der Waals surface area contributed by atoms with Gasteiger partial charge >= 0.3 is 0 Å². The van der Waals surface area contributed by atoms with E-state index in [0.29, 0.717) is 19.0 Å². The maximum atomic E-state index is 10.5. The van der Waals surface area contributed by atoms with Gasteiger partial charge in [0.1, 0.15) is 0 Å². The van der Waals surface area contributed by atoms with Gasteiger partial charge in [-0.05, 0) is 25.6 Å². The smallest absolute Gasteiger partial charge is 0.264 e. The third kappa shape index (κ3) is 5.99. The topological polar surface area (TPSA) is 57.6 Å². The summed E-state index contributed by atoms with van der Waals surface area (Å²) in [6.45, 7) is 2.68. The van der Waals surface area contributed by atoms with Crippen molar-refractivity contribution < 1.29 is 30.0 Å². The molecule has 0 aromatic rings. The van der Waals surface area contributed by atoms with E-state index in [1.807, 2.05) is 36.3 Å². The Balaban J connectivity index is 0.00000196. The molecule has 91 valence electrons. The molecule has 0 fully saturated rings. The van der Waals surface area contributed by atoms with Gasteiger partial charge < -0.3 is 4.90 Å². The monoisotopic (exact) mass is 280 g/mol. The second-order valence-corrected chi connectivity index (χ2v) is 4.92. The first-order valence-corrected chi connectivity index (χ1v) is 6.16. The van der Waals surface area contributed by atoms with Crippen molar-refractivity contribution in [1.82, 2.24) is 4.90 Å². The Kier molecular flexibility index (Phi) is 6.20. The molecule has 0 bridgehead atoms. The van der Waals surface area contributed by atoms with Crippen molar-refractivity contribution in [2.75, 3.05) is 12.3 Å². The van der Waals surface area contributed by atoms with Crippen molar-refractivity contribution in [3.63, 3.8) is 0 Å². The first-order chi connectivity index (χ1) is 6.49. The first-order valence-electron chi connectivity index (χ1n) is 4.55. The van der Waals surface area contributed by atoms with E-state index in [1.54, 1.807) is 0 Å². The van der Waals surface area contributed by atoms with Crippen LogP contribution in [0.2, 0.25) is 0 Å². The molecule has 0 saturated heterocycles. The average Bonchev–Trinajstić information content (AvgIpc) is 2.06. The molecule has 0 aromatic heterocycles. The van der Waals surface area contributed by atoms with E-state index < -0.39 is 10.1 Å². The van der Waals surface area contributed by atoms with E-state index in [9.17, 15) is 8.42 Å². The Labute approximate surface area is 101 Å². The van der Waals surface area contributed by atoms with Crippen molar-refractivity contribution in [3.8, 4) is 0 Å². The Morgan fingerprint density at radius 2 is 2.07 bits per heavy atom. The Morgan fingerprint density at radius 1 is 1.40 bits per heavy atom. The van der Waals surface area contributed by atoms with Gasteiger partial charge in [-0.1, -0.05) is 12.2 Å². The molecule has 1 rings (SSSR count). The summed E-state index contributed by atoms with van der Waals surface area (Å²) in [6, 6.07) is 0.293. The van der Waals surface area contributed by atoms with Crippen molar-refractivity contribution in [1.29, 1.82) is 0 Å². The minimum absolute atomic E-state index is 0. The summed E-state index contributed by atoms with van der Waals surface area (Å²) in [5, 5.41) is 0. The molecule has 1 radical (unpaired) electrons. The molecule has 6 heteroatoms. The number of rotatable bonds is 4. The van der Waals surface area contributed by atoms with E-state index in [-0.39, 0.29) is 22.8 Å². The van der Waals surface area contributed by atoms with Crippen LogP contribution < -0.4 is 0 Å². The second-order valence-electron chi connectivity index (χ2n) is 3.34. The zero-order chi connectivity index (χ0) is 10.6. The van der Waals surface area contributed by atoms with Crippen LogP contribution in [0.1, 0.15) is 13.3 Å². The molecule has 0 aromatic carbocycles. The summed E-state index contributed by atoms with van der Waals surface area (Å²) < 4.78 is 29.5. The van der Waals surface area contributed by atoms with Gasteiger partial charge in [-0.15, -0.1) is 0 Å². The van der Waals surface area contributed by atoms with Gasteiger partial charge in [0.15, 0.2) is 0 Å². The summed E-state index contributed by atoms with van der Waals surface area (Å²) in [4.78, 5) is 2.03. The van der Waals surface area contributed by atoms with Crippen LogP contribution in [0.15, 0.2) is 24.4 Å². The van der Waals surface area contributed by atoms with Gasteiger partial charge in [0.25, 0.3) is 10.1 Å². The largest absolute Gasteiger partial charge is 0.371 e. The van der Waals surface area contributed by atoms with Crippen molar-refractivity contribution in [2.45, 2.75) is 19.4 Å². The summed E-state index contributed by atoms with van der Waals surface area (Å²) in [6.07, 6.45) is 8.28. The number of nitrogens with zero attached hydrogens (tertiary/aromatic N) is 1. The molecular weight excluding hydrogens is 266 g/mol. The second kappa shape index (κ2) is 6.33. The minimum Gasteiger partial charge on any atom is -0.371 e. The molecule has 0 aliphatic carbocycles. The van der Waals surface area contributed by atoms with Crippen molar-refractivity contribution in [2.24, 2.45) is 0 Å². The summed E-state index contributed by atoms with van der Waals surface area (Å²) in [5.74, 6) is -0.173. The molecule has 4 nitrogen and oxygen atoms in total. The number of allylic oxidation sites excluding steroid dienone is 2. The fraction of sp³-hybridized carbons (Fsp3) is 0.556. The summed E-state index contributed by atoms with van der Waals surface area (Å²) in [7, 11) is -3.81. The molecule has 1 N–H and O–H groups in total. The molecule has 0 spiro atoms. The van der Waals surface area contributed by atoms with E-state index in [1.165, 1.54) is 0 Å². The third-order valence-electron chi connectivity index (χ3n) is 2.12. The van der Waals surface area contributed by atoms with Gasteiger partial charge in [-0.25, -0.2) is 0 Å². The fourth-order valence-electron chi connectivity index (χ4n) is 1.34. The first kappa shape index (κ1) is 14.7. The molecule has 0 amide bonds. The molecule has 1 atom stereocenters. The Hall–Kier alpha value is -0.291. The molecular formula is C9H15CuNO3S. The van der Waals surface area contributed by atoms with Gasteiger partial charge in [0.05, 0.1) is 5.75 Å². The van der Waals surface area contributed by atoms with Gasteiger partial charge in [0, 0.05) is 29.7 Å². The molecule has 15 heavy (non-hydrogen) atoms. The van der Waals surface area contributed by atoms with E-state index in [2.05, 4.69) is 0 Å². The van der Waals surface area contributed by atoms with E-state index >= 15 is 0 Å². The predicted octanol–water partition coefficient (Wildman–Crippen LogP) is 1.04. The number of hydrogen-bond acceptors (Lipinski definition) is 3. The maximum Gasteiger partial charge on any atom is 0.264 e. The van der Waals surface area contributed by atoms with Crippen LogP contribution in [0.4, 0.5) is 0 Å². The maximum absolute atomic E-state index is 10.5. The van der Waals surface area contributed by atoms with E-state index in [4.69, 9.17) is 4.55 Å². The van der Waals surface area contributed by atoms with Crippen LogP contribution in [-0.2, 0) is 27.2 Å². The standard InChI is InChI=1S/C9H15NO3S.Cu/c1-9-5-2-3-6-10(9)7-4-8-14(11,12)13;/h2-3,5-6,9H,4,7-8H2,1H3,(H,11,12,13);. The molecule has 0 saturated carbocycles. The molecule has 1 aliphatic heterocycles. The van der Waals surface area contributed by atoms with Crippen molar-refractivity contribution in [3.05, 3.63) is 24.4 Å². The minimum atomic E-state index is -3.81. The molecule has 1 unspecified atom stereocenters. The molecule has 1 aliphatic rings. The van der Waals surface area contributed by atoms with Crippen LogP contribution in [0.25, 0.3) is 0 Å². The predicted molar refractivity (Wildman–Crippen MR) is 55.5 cm³/mol. The van der Waals surface area contributed by atoms with Gasteiger partial charge in [-0.3, -0.25) is 4.55 Å². The van der Waals surface area contributed by atoms with Crippen LogP contribution in [0.5, 0.6) is 0 Å². The zero-order valence-corrected chi connectivity index (χ0v) is 10.2. The third-order valence-corrected chi connectivity index (χ3v) is 2.92.